The van der Waals surface area contributed by atoms with Gasteiger partial charge in [0.15, 0.2) is 11.6 Å². The first-order valence-corrected chi connectivity index (χ1v) is 17.9. The number of carbonyl (C=O) groups is 3. The van der Waals surface area contributed by atoms with Gasteiger partial charge in [0.05, 0.1) is 47.2 Å². The van der Waals surface area contributed by atoms with Crippen LogP contribution in [0.1, 0.15) is 52.1 Å². The van der Waals surface area contributed by atoms with Gasteiger partial charge in [0.2, 0.25) is 17.7 Å². The highest BCUT2D eigenvalue weighted by Crippen LogP contribution is 2.41. The Bertz CT molecular complexity index is 2220. The second kappa shape index (κ2) is 15.3. The third kappa shape index (κ3) is 7.61. The summed E-state index contributed by atoms with van der Waals surface area (Å²) in [5.41, 5.74) is 5.40. The lowest BCUT2D eigenvalue weighted by molar-refractivity contribution is -0.131. The summed E-state index contributed by atoms with van der Waals surface area (Å²) >= 11 is 14.0. The van der Waals surface area contributed by atoms with Gasteiger partial charge < -0.3 is 34.7 Å². The van der Waals surface area contributed by atoms with E-state index in [1.54, 1.807) is 54.9 Å². The van der Waals surface area contributed by atoms with Crippen LogP contribution in [0.15, 0.2) is 53.2 Å². The van der Waals surface area contributed by atoms with Crippen LogP contribution in [0.25, 0.3) is 22.4 Å². The molecule has 1 saturated heterocycles. The van der Waals surface area contributed by atoms with Crippen molar-refractivity contribution in [2.45, 2.75) is 51.7 Å². The lowest BCUT2D eigenvalue weighted by Crippen LogP contribution is -2.37. The zero-order valence-electron chi connectivity index (χ0n) is 29.3. The van der Waals surface area contributed by atoms with Gasteiger partial charge in [-0.05, 0) is 24.6 Å². The van der Waals surface area contributed by atoms with Crippen LogP contribution < -0.4 is 20.7 Å². The van der Waals surface area contributed by atoms with Gasteiger partial charge in [-0.15, -0.1) is 0 Å². The van der Waals surface area contributed by atoms with E-state index in [0.29, 0.717) is 88.2 Å². The highest BCUT2D eigenvalue weighted by Gasteiger charge is 2.29. The predicted molar refractivity (Wildman–Crippen MR) is 198 cm³/mol. The first kappa shape index (κ1) is 36.1. The Balaban J connectivity index is 1.06. The standard InChI is InChI=1S/C37H37Cl2N9O5/c1-20-42-30(46-53-20)16-32(50)48-14-12-28-27(19-48)44-36(47(28)2)37(51)45-26-6-4-5-24(33(26)38)25-11-13-41-35(34(25)39)21-7-8-22(29(15-21)52-3)17-40-18-23-9-10-31(49)43-23/h4-8,11,13,15,23,40H,9-10,12,14,16-19H2,1-3H3,(H,43,49)(H,45,51)/t23-/m1/s1. The third-order valence-electron chi connectivity index (χ3n) is 9.47. The molecular weight excluding hydrogens is 721 g/mol. The largest absolute Gasteiger partial charge is 0.496 e. The maximum absolute atomic E-state index is 13.6. The molecule has 3 amide bonds. The maximum Gasteiger partial charge on any atom is 0.291 e. The van der Waals surface area contributed by atoms with Gasteiger partial charge in [-0.2, -0.15) is 4.98 Å². The van der Waals surface area contributed by atoms with Crippen molar-refractivity contribution < 1.29 is 23.6 Å². The number of fused-ring (bicyclic) bond motifs is 1. The minimum Gasteiger partial charge on any atom is -0.496 e. The summed E-state index contributed by atoms with van der Waals surface area (Å²) in [4.78, 5) is 53.1. The van der Waals surface area contributed by atoms with Gasteiger partial charge in [0, 0.05) is 86.6 Å². The number of hydrogen-bond donors (Lipinski definition) is 3. The number of nitrogens with zero attached hydrogens (tertiary/aromatic N) is 6. The van der Waals surface area contributed by atoms with Gasteiger partial charge in [-0.1, -0.05) is 52.6 Å². The Morgan fingerprint density at radius 3 is 2.68 bits per heavy atom. The Labute approximate surface area is 315 Å². The Kier molecular flexibility index (Phi) is 10.4. The minimum atomic E-state index is -0.447. The van der Waals surface area contributed by atoms with Gasteiger partial charge in [-0.25, -0.2) is 4.98 Å². The quantitative estimate of drug-likeness (QED) is 0.168. The van der Waals surface area contributed by atoms with Crippen LogP contribution in [0, 0.1) is 6.92 Å². The summed E-state index contributed by atoms with van der Waals surface area (Å²) in [7, 11) is 3.40. The fourth-order valence-electron chi connectivity index (χ4n) is 6.72. The van der Waals surface area contributed by atoms with E-state index in [9.17, 15) is 14.4 Å². The fourth-order valence-corrected chi connectivity index (χ4v) is 7.32. The molecule has 0 unspecified atom stereocenters. The van der Waals surface area contributed by atoms with Crippen molar-refractivity contribution in [3.63, 3.8) is 0 Å². The van der Waals surface area contributed by atoms with E-state index in [0.717, 1.165) is 23.2 Å². The summed E-state index contributed by atoms with van der Waals surface area (Å²) < 4.78 is 12.4. The number of halogens is 2. The Hall–Kier alpha value is -5.31. The first-order chi connectivity index (χ1) is 25.6. The monoisotopic (exact) mass is 757 g/mol. The van der Waals surface area contributed by atoms with E-state index in [1.807, 2.05) is 24.3 Å². The number of amides is 3. The van der Waals surface area contributed by atoms with E-state index < -0.39 is 5.91 Å². The molecule has 1 fully saturated rings. The molecule has 14 nitrogen and oxygen atoms in total. The number of imidazole rings is 1. The molecule has 2 aromatic carbocycles. The number of anilines is 1. The molecule has 0 aliphatic carbocycles. The van der Waals surface area contributed by atoms with Crippen molar-refractivity contribution in [3.05, 3.63) is 93.2 Å². The molecule has 5 aromatic rings. The molecule has 2 aliphatic rings. The average molecular weight is 759 g/mol. The SMILES string of the molecule is COc1cc(-c2nccc(-c3cccc(NC(=O)c4nc5c(n4C)CCN(C(=O)Cc4noc(C)n4)C5)c3Cl)c2Cl)ccc1CNC[C@H]1CCC(=O)N1. The van der Waals surface area contributed by atoms with Gasteiger partial charge in [-0.3, -0.25) is 19.4 Å². The number of rotatable bonds is 11. The molecule has 0 radical (unpaired) electrons. The van der Waals surface area contributed by atoms with Crippen LogP contribution in [0.4, 0.5) is 5.69 Å². The van der Waals surface area contributed by atoms with E-state index in [4.69, 9.17) is 32.5 Å². The van der Waals surface area contributed by atoms with Crippen LogP contribution in [0.5, 0.6) is 5.75 Å². The van der Waals surface area contributed by atoms with Crippen molar-refractivity contribution in [2.75, 3.05) is 25.5 Å². The van der Waals surface area contributed by atoms with Crippen molar-refractivity contribution in [3.8, 4) is 28.1 Å². The number of pyridine rings is 1. The number of aromatic nitrogens is 5. The summed E-state index contributed by atoms with van der Waals surface area (Å²) in [6.45, 7) is 3.64. The Morgan fingerprint density at radius 1 is 1.09 bits per heavy atom. The maximum atomic E-state index is 13.6. The molecule has 1 atom stereocenters. The molecule has 5 heterocycles. The molecule has 3 aromatic heterocycles. The van der Waals surface area contributed by atoms with Crippen molar-refractivity contribution >= 4 is 46.6 Å². The molecule has 7 rings (SSSR count). The van der Waals surface area contributed by atoms with Gasteiger partial charge in [0.1, 0.15) is 5.75 Å². The summed E-state index contributed by atoms with van der Waals surface area (Å²) in [6.07, 6.45) is 3.60. The van der Waals surface area contributed by atoms with Gasteiger partial charge in [0.25, 0.3) is 5.91 Å². The van der Waals surface area contributed by atoms with Crippen molar-refractivity contribution in [1.82, 2.24) is 40.2 Å². The number of carbonyl (C=O) groups excluding carboxylic acids is 3. The highest BCUT2D eigenvalue weighted by atomic mass is 35.5. The lowest BCUT2D eigenvalue weighted by Gasteiger charge is -2.26. The molecule has 3 N–H and O–H groups in total. The molecule has 53 heavy (non-hydrogen) atoms. The lowest BCUT2D eigenvalue weighted by atomic mass is 10.0. The van der Waals surface area contributed by atoms with Crippen LogP contribution in [0.2, 0.25) is 10.0 Å². The predicted octanol–water partition coefficient (Wildman–Crippen LogP) is 4.90. The van der Waals surface area contributed by atoms with E-state index in [1.165, 1.54) is 0 Å². The Morgan fingerprint density at radius 2 is 1.92 bits per heavy atom. The van der Waals surface area contributed by atoms with E-state index in [2.05, 4.69) is 36.1 Å². The molecular formula is C37H37Cl2N9O5. The zero-order chi connectivity index (χ0) is 37.2. The van der Waals surface area contributed by atoms with E-state index in [-0.39, 0.29) is 36.6 Å². The molecule has 0 bridgehead atoms. The minimum absolute atomic E-state index is 0.0208. The first-order valence-electron chi connectivity index (χ1n) is 17.1. The van der Waals surface area contributed by atoms with Crippen molar-refractivity contribution in [1.29, 1.82) is 0 Å². The topological polar surface area (TPSA) is 169 Å². The summed E-state index contributed by atoms with van der Waals surface area (Å²) in [5, 5.41) is 13.8. The fraction of sp³-hybridized carbons (Fsp3) is 0.324. The average Bonchev–Trinajstić information content (AvgIpc) is 3.86. The summed E-state index contributed by atoms with van der Waals surface area (Å²) in [5.74, 6) is 1.09. The molecule has 0 spiro atoms. The van der Waals surface area contributed by atoms with Gasteiger partial charge >= 0.3 is 0 Å². The smallest absolute Gasteiger partial charge is 0.291 e. The number of benzene rings is 2. The number of hydrogen-bond acceptors (Lipinski definition) is 10. The van der Waals surface area contributed by atoms with Crippen LogP contribution in [0.3, 0.4) is 0 Å². The molecule has 16 heteroatoms. The molecule has 274 valence electrons. The van der Waals surface area contributed by atoms with E-state index >= 15 is 0 Å². The number of aryl methyl sites for hydroxylation is 1. The second-order valence-electron chi connectivity index (χ2n) is 13.0. The van der Waals surface area contributed by atoms with Crippen LogP contribution in [-0.2, 0) is 42.6 Å². The van der Waals surface area contributed by atoms with Crippen molar-refractivity contribution in [2.24, 2.45) is 7.05 Å². The number of methoxy groups -OCH3 is 1. The van der Waals surface area contributed by atoms with Crippen LogP contribution in [-0.4, -0.2) is 73.5 Å². The molecule has 2 aliphatic heterocycles. The number of nitrogens with one attached hydrogen (secondary N) is 3. The third-order valence-corrected chi connectivity index (χ3v) is 10.3. The number of ether oxygens (including phenoxy) is 1. The zero-order valence-corrected chi connectivity index (χ0v) is 30.8. The highest BCUT2D eigenvalue weighted by molar-refractivity contribution is 6.39. The summed E-state index contributed by atoms with van der Waals surface area (Å²) in [6, 6.07) is 13.0. The molecule has 0 saturated carbocycles. The van der Waals surface area contributed by atoms with Crippen LogP contribution >= 0.6 is 23.2 Å². The second-order valence-corrected chi connectivity index (χ2v) is 13.7. The normalized spacial score (nSPS) is 15.3.